The molecule has 0 spiro atoms. The average molecular weight is 410 g/mol. The second-order valence-corrected chi connectivity index (χ2v) is 7.58. The number of carbonyl (C=O) groups excluding carboxylic acids is 2. The van der Waals surface area contributed by atoms with Crippen LogP contribution in [0.1, 0.15) is 21.3 Å². The second kappa shape index (κ2) is 9.81. The summed E-state index contributed by atoms with van der Waals surface area (Å²) < 4.78 is 0. The number of hydrogen-bond donors (Lipinski definition) is 3. The molecule has 0 aliphatic heterocycles. The van der Waals surface area contributed by atoms with Crippen molar-refractivity contribution in [1.29, 1.82) is 0 Å². The first-order valence-electron chi connectivity index (χ1n) is 9.09. The molecule has 3 N–H and O–H groups in total. The van der Waals surface area contributed by atoms with Gasteiger partial charge in [0.2, 0.25) is 0 Å². The molecule has 2 heterocycles. The molecule has 0 saturated carbocycles. The van der Waals surface area contributed by atoms with Crippen LogP contribution in [0.3, 0.4) is 0 Å². The summed E-state index contributed by atoms with van der Waals surface area (Å²) in [6.45, 7) is 0.484. The predicted molar refractivity (Wildman–Crippen MR) is 116 cm³/mol. The number of nitrogens with zero attached hydrogens (tertiary/aromatic N) is 2. The number of likely N-dealkylation sites (N-methyl/N-ethyl adjacent to an activating group) is 1. The Kier molecular flexibility index (Phi) is 6.94. The number of urea groups is 1. The topological polar surface area (TPSA) is 86.4 Å². The molecule has 0 bridgehead atoms. The fraction of sp³-hybridized carbons (Fsp3) is 0.190. The Morgan fingerprint density at radius 3 is 2.41 bits per heavy atom. The number of benzene rings is 1. The Bertz CT molecular complexity index is 945. The number of rotatable bonds is 7. The van der Waals surface area contributed by atoms with Crippen LogP contribution in [-0.4, -0.2) is 42.5 Å². The normalized spacial score (nSPS) is 11.7. The third-order valence-corrected chi connectivity index (χ3v) is 5.25. The van der Waals surface area contributed by atoms with E-state index in [1.165, 1.54) is 4.88 Å². The number of nitrogens with one attached hydrogen (secondary N) is 3. The van der Waals surface area contributed by atoms with E-state index in [2.05, 4.69) is 31.9 Å². The standard InChI is InChI=1S/C21H23N5O2S/c1-26(2)18(19-7-4-12-29-19)14-23-21(28)25-17-6-3-5-16(13-17)24-20(27)15-8-10-22-11-9-15/h3-13,18H,14H2,1-2H3,(H,24,27)(H2,23,25,28). The lowest BCUT2D eigenvalue weighted by molar-refractivity contribution is 0.102. The summed E-state index contributed by atoms with van der Waals surface area (Å²) in [4.78, 5) is 31.8. The highest BCUT2D eigenvalue weighted by Crippen LogP contribution is 2.22. The zero-order valence-corrected chi connectivity index (χ0v) is 17.1. The van der Waals surface area contributed by atoms with Gasteiger partial charge in [0, 0.05) is 40.8 Å². The number of amides is 3. The minimum atomic E-state index is -0.300. The summed E-state index contributed by atoms with van der Waals surface area (Å²) in [6.07, 6.45) is 3.13. The van der Waals surface area contributed by atoms with Gasteiger partial charge in [-0.3, -0.25) is 9.78 Å². The van der Waals surface area contributed by atoms with Gasteiger partial charge in [0.15, 0.2) is 0 Å². The number of aromatic nitrogens is 1. The Hall–Kier alpha value is -3.23. The smallest absolute Gasteiger partial charge is 0.319 e. The van der Waals surface area contributed by atoms with E-state index < -0.39 is 0 Å². The predicted octanol–water partition coefficient (Wildman–Crippen LogP) is 3.82. The van der Waals surface area contributed by atoms with Crippen molar-refractivity contribution in [2.75, 3.05) is 31.3 Å². The first-order valence-corrected chi connectivity index (χ1v) is 9.97. The first kappa shape index (κ1) is 20.5. The molecule has 2 aromatic heterocycles. The van der Waals surface area contributed by atoms with Crippen molar-refractivity contribution in [3.63, 3.8) is 0 Å². The van der Waals surface area contributed by atoms with Crippen molar-refractivity contribution in [1.82, 2.24) is 15.2 Å². The van der Waals surface area contributed by atoms with E-state index in [1.807, 2.05) is 25.5 Å². The van der Waals surface area contributed by atoms with Crippen molar-refractivity contribution in [2.45, 2.75) is 6.04 Å². The van der Waals surface area contributed by atoms with E-state index in [1.54, 1.807) is 60.1 Å². The lowest BCUT2D eigenvalue weighted by atomic mass is 10.2. The van der Waals surface area contributed by atoms with Gasteiger partial charge >= 0.3 is 6.03 Å². The zero-order chi connectivity index (χ0) is 20.6. The largest absolute Gasteiger partial charge is 0.336 e. The molecule has 0 radical (unpaired) electrons. The van der Waals surface area contributed by atoms with Gasteiger partial charge in [-0.15, -0.1) is 11.3 Å². The Morgan fingerprint density at radius 2 is 1.76 bits per heavy atom. The molecular formula is C21H23N5O2S. The van der Waals surface area contributed by atoms with Gasteiger partial charge in [0.05, 0.1) is 6.04 Å². The van der Waals surface area contributed by atoms with Crippen LogP contribution in [-0.2, 0) is 0 Å². The molecule has 0 fully saturated rings. The van der Waals surface area contributed by atoms with Gasteiger partial charge in [0.25, 0.3) is 5.91 Å². The molecule has 1 atom stereocenters. The molecule has 0 aliphatic rings. The quantitative estimate of drug-likeness (QED) is 0.554. The molecule has 0 aliphatic carbocycles. The van der Waals surface area contributed by atoms with Crippen molar-refractivity contribution in [3.05, 3.63) is 76.7 Å². The number of hydrogen-bond acceptors (Lipinski definition) is 5. The number of carbonyl (C=O) groups is 2. The number of pyridine rings is 1. The van der Waals surface area contributed by atoms with Gasteiger partial charge in [-0.05, 0) is 55.9 Å². The van der Waals surface area contributed by atoms with Crippen LogP contribution in [0.4, 0.5) is 16.2 Å². The second-order valence-electron chi connectivity index (χ2n) is 6.60. The third kappa shape index (κ3) is 5.87. The van der Waals surface area contributed by atoms with Crippen LogP contribution in [0.2, 0.25) is 0 Å². The van der Waals surface area contributed by atoms with Crippen molar-refractivity contribution in [3.8, 4) is 0 Å². The van der Waals surface area contributed by atoms with E-state index in [9.17, 15) is 9.59 Å². The molecule has 7 nitrogen and oxygen atoms in total. The highest BCUT2D eigenvalue weighted by Gasteiger charge is 2.16. The van der Waals surface area contributed by atoms with Gasteiger partial charge < -0.3 is 20.9 Å². The van der Waals surface area contributed by atoms with Gasteiger partial charge in [-0.2, -0.15) is 0 Å². The van der Waals surface area contributed by atoms with E-state index >= 15 is 0 Å². The minimum absolute atomic E-state index is 0.103. The Labute approximate surface area is 173 Å². The van der Waals surface area contributed by atoms with E-state index in [0.29, 0.717) is 23.5 Å². The first-order chi connectivity index (χ1) is 14.0. The van der Waals surface area contributed by atoms with Crippen molar-refractivity contribution in [2.24, 2.45) is 0 Å². The molecule has 1 unspecified atom stereocenters. The summed E-state index contributed by atoms with van der Waals surface area (Å²) in [5, 5.41) is 10.6. The highest BCUT2D eigenvalue weighted by atomic mass is 32.1. The number of thiophene rings is 1. The maximum Gasteiger partial charge on any atom is 0.319 e. The third-order valence-electron chi connectivity index (χ3n) is 4.27. The number of anilines is 2. The lowest BCUT2D eigenvalue weighted by Crippen LogP contribution is -2.36. The van der Waals surface area contributed by atoms with E-state index in [0.717, 1.165) is 0 Å². The summed E-state index contributed by atoms with van der Waals surface area (Å²) in [7, 11) is 3.97. The van der Waals surface area contributed by atoms with Crippen molar-refractivity contribution >= 4 is 34.6 Å². The summed E-state index contributed by atoms with van der Waals surface area (Å²) in [6, 6.07) is 14.2. The molecule has 0 saturated heterocycles. The van der Waals surface area contributed by atoms with E-state index in [-0.39, 0.29) is 18.0 Å². The van der Waals surface area contributed by atoms with E-state index in [4.69, 9.17) is 0 Å². The Balaban J connectivity index is 1.57. The molecule has 3 rings (SSSR count). The van der Waals surface area contributed by atoms with Crippen molar-refractivity contribution < 1.29 is 9.59 Å². The molecule has 3 amide bonds. The van der Waals surface area contributed by atoms with Crippen LogP contribution in [0.25, 0.3) is 0 Å². The maximum atomic E-state index is 12.3. The van der Waals surface area contributed by atoms with Crippen LogP contribution in [0.15, 0.2) is 66.3 Å². The SMILES string of the molecule is CN(C)C(CNC(=O)Nc1cccc(NC(=O)c2ccncc2)c1)c1cccs1. The van der Waals surface area contributed by atoms with Gasteiger partial charge in [-0.1, -0.05) is 12.1 Å². The molecule has 150 valence electrons. The summed E-state index contributed by atoms with van der Waals surface area (Å²) in [5.74, 6) is -0.237. The molecule has 3 aromatic rings. The van der Waals surface area contributed by atoms with Crippen LogP contribution >= 0.6 is 11.3 Å². The monoisotopic (exact) mass is 409 g/mol. The van der Waals surface area contributed by atoms with Crippen LogP contribution in [0.5, 0.6) is 0 Å². The van der Waals surface area contributed by atoms with Crippen LogP contribution in [0, 0.1) is 0 Å². The molecule has 1 aromatic carbocycles. The summed E-state index contributed by atoms with van der Waals surface area (Å²) in [5.41, 5.74) is 1.70. The van der Waals surface area contributed by atoms with Gasteiger partial charge in [-0.25, -0.2) is 4.79 Å². The molecule has 8 heteroatoms. The molecular weight excluding hydrogens is 386 g/mol. The van der Waals surface area contributed by atoms with Gasteiger partial charge in [0.1, 0.15) is 0 Å². The highest BCUT2D eigenvalue weighted by molar-refractivity contribution is 7.10. The molecule has 29 heavy (non-hydrogen) atoms. The van der Waals surface area contributed by atoms with Crippen LogP contribution < -0.4 is 16.0 Å². The lowest BCUT2D eigenvalue weighted by Gasteiger charge is -2.23. The zero-order valence-electron chi connectivity index (χ0n) is 16.3. The minimum Gasteiger partial charge on any atom is -0.336 e. The summed E-state index contributed by atoms with van der Waals surface area (Å²) >= 11 is 1.66. The maximum absolute atomic E-state index is 12.3. The Morgan fingerprint density at radius 1 is 1.03 bits per heavy atom. The average Bonchev–Trinajstić information content (AvgIpc) is 3.23. The fourth-order valence-corrected chi connectivity index (χ4v) is 3.69. The fourth-order valence-electron chi connectivity index (χ4n) is 2.76.